The fourth-order valence-electron chi connectivity index (χ4n) is 2.86. The summed E-state index contributed by atoms with van der Waals surface area (Å²) in [5.74, 6) is 0.150. The monoisotopic (exact) mass is 525 g/mol. The maximum Gasteiger partial charge on any atom is 0.261 e. The lowest BCUT2D eigenvalue weighted by atomic mass is 10.1. The molecule has 0 radical (unpaired) electrons. The zero-order valence-electron chi connectivity index (χ0n) is 18.2. The maximum atomic E-state index is 12.8. The van der Waals surface area contributed by atoms with Gasteiger partial charge in [-0.15, -0.1) is 0 Å². The molecule has 8 heteroatoms. The van der Waals surface area contributed by atoms with Crippen molar-refractivity contribution in [3.8, 4) is 5.75 Å². The van der Waals surface area contributed by atoms with E-state index in [1.807, 2.05) is 50.2 Å². The van der Waals surface area contributed by atoms with Crippen LogP contribution in [0.5, 0.6) is 5.75 Å². The van der Waals surface area contributed by atoms with E-state index in [9.17, 15) is 9.59 Å². The Morgan fingerprint density at radius 3 is 2.36 bits per heavy atom. The predicted octanol–water partition coefficient (Wildman–Crippen LogP) is 5.86. The number of amides is 2. The van der Waals surface area contributed by atoms with Crippen LogP contribution in [-0.2, 0) is 0 Å². The molecule has 0 aromatic heterocycles. The summed E-state index contributed by atoms with van der Waals surface area (Å²) in [6.07, 6.45) is 0. The van der Waals surface area contributed by atoms with E-state index in [0.29, 0.717) is 40.8 Å². The summed E-state index contributed by atoms with van der Waals surface area (Å²) in [5, 5.41) is 8.56. The van der Waals surface area contributed by atoms with Crippen molar-refractivity contribution in [2.45, 2.75) is 13.8 Å². The molecular weight excluding hydrogens is 502 g/mol. The van der Waals surface area contributed by atoms with Crippen LogP contribution in [0.4, 0.5) is 11.4 Å². The van der Waals surface area contributed by atoms with E-state index in [4.69, 9.17) is 17.0 Å². The minimum absolute atomic E-state index is 0.107. The molecule has 3 N–H and O–H groups in total. The molecule has 3 rings (SSSR count). The van der Waals surface area contributed by atoms with E-state index in [-0.39, 0.29) is 11.0 Å². The van der Waals surface area contributed by atoms with Gasteiger partial charge in [0.05, 0.1) is 12.2 Å². The van der Waals surface area contributed by atoms with Crippen LogP contribution in [0.3, 0.4) is 0 Å². The Bertz CT molecular complexity index is 1150. The van der Waals surface area contributed by atoms with Gasteiger partial charge >= 0.3 is 0 Å². The molecule has 0 atom stereocenters. The van der Waals surface area contributed by atoms with Crippen LogP contribution in [0, 0.1) is 5.92 Å². The van der Waals surface area contributed by atoms with Crippen LogP contribution in [0.1, 0.15) is 34.6 Å². The Balaban J connectivity index is 1.65. The minimum atomic E-state index is -0.398. The number of carbonyl (C=O) groups is 2. The standard InChI is InChI=1S/C25H24BrN3O3S/c1-16(2)15-32-22-12-11-18(26)14-21(22)24(31)29-25(33)28-20-10-6-7-17(13-20)23(30)27-19-8-4-3-5-9-19/h3-14,16H,15H2,1-2H3,(H,27,30)(H2,28,29,31,33). The SMILES string of the molecule is CC(C)COc1ccc(Br)cc1C(=O)NC(=S)Nc1cccc(C(=O)Nc2ccccc2)c1. The van der Waals surface area contributed by atoms with Crippen LogP contribution in [0.15, 0.2) is 77.3 Å². The molecule has 2 amide bonds. The largest absolute Gasteiger partial charge is 0.492 e. The van der Waals surface area contributed by atoms with E-state index in [1.165, 1.54) is 0 Å². The van der Waals surface area contributed by atoms with E-state index < -0.39 is 5.91 Å². The number of rotatable bonds is 7. The first-order valence-corrected chi connectivity index (χ1v) is 11.5. The minimum Gasteiger partial charge on any atom is -0.492 e. The molecule has 0 heterocycles. The summed E-state index contributed by atoms with van der Waals surface area (Å²) in [4.78, 5) is 25.4. The number of carbonyl (C=O) groups excluding carboxylic acids is 2. The molecule has 6 nitrogen and oxygen atoms in total. The zero-order chi connectivity index (χ0) is 23.8. The maximum absolute atomic E-state index is 12.8. The van der Waals surface area contributed by atoms with Crippen molar-refractivity contribution < 1.29 is 14.3 Å². The van der Waals surface area contributed by atoms with Crippen LogP contribution in [0.25, 0.3) is 0 Å². The van der Waals surface area contributed by atoms with E-state index >= 15 is 0 Å². The number of nitrogens with one attached hydrogen (secondary N) is 3. The van der Waals surface area contributed by atoms with Gasteiger partial charge < -0.3 is 15.4 Å². The average Bonchev–Trinajstić information content (AvgIpc) is 2.78. The van der Waals surface area contributed by atoms with Gasteiger partial charge in [-0.1, -0.05) is 54.0 Å². The third-order valence-electron chi connectivity index (χ3n) is 4.40. The number of para-hydroxylation sites is 1. The first-order valence-electron chi connectivity index (χ1n) is 10.3. The second kappa shape index (κ2) is 11.6. The lowest BCUT2D eigenvalue weighted by molar-refractivity contribution is 0.0971. The highest BCUT2D eigenvalue weighted by Gasteiger charge is 2.16. The van der Waals surface area contributed by atoms with E-state index in [1.54, 1.807) is 36.4 Å². The summed E-state index contributed by atoms with van der Waals surface area (Å²) < 4.78 is 6.53. The van der Waals surface area contributed by atoms with Crippen LogP contribution >= 0.6 is 28.1 Å². The number of hydrogen-bond donors (Lipinski definition) is 3. The topological polar surface area (TPSA) is 79.5 Å². The van der Waals surface area contributed by atoms with Crippen molar-refractivity contribution in [2.24, 2.45) is 5.92 Å². The second-order valence-corrected chi connectivity index (χ2v) is 8.98. The first kappa shape index (κ1) is 24.4. The van der Waals surface area contributed by atoms with Gasteiger partial charge in [0.2, 0.25) is 0 Å². The van der Waals surface area contributed by atoms with Crippen LogP contribution in [-0.4, -0.2) is 23.5 Å². The predicted molar refractivity (Wildman–Crippen MR) is 139 cm³/mol. The molecule has 0 saturated carbocycles. The summed E-state index contributed by atoms with van der Waals surface area (Å²) >= 11 is 8.70. The number of thiocarbonyl (C=S) groups is 1. The smallest absolute Gasteiger partial charge is 0.261 e. The highest BCUT2D eigenvalue weighted by molar-refractivity contribution is 9.10. The van der Waals surface area contributed by atoms with Gasteiger partial charge in [0.25, 0.3) is 11.8 Å². The van der Waals surface area contributed by atoms with Gasteiger partial charge in [0.1, 0.15) is 5.75 Å². The average molecular weight is 526 g/mol. The number of anilines is 2. The Labute approximate surface area is 206 Å². The third-order valence-corrected chi connectivity index (χ3v) is 5.10. The first-order chi connectivity index (χ1) is 15.8. The highest BCUT2D eigenvalue weighted by atomic mass is 79.9. The quantitative estimate of drug-likeness (QED) is 0.336. The molecule has 0 aliphatic heterocycles. The summed E-state index contributed by atoms with van der Waals surface area (Å²) in [6, 6.07) is 21.3. The molecule has 0 aliphatic carbocycles. The van der Waals surface area contributed by atoms with Crippen molar-refractivity contribution in [1.82, 2.24) is 5.32 Å². The van der Waals surface area contributed by atoms with Gasteiger partial charge in [-0.25, -0.2) is 0 Å². The molecule has 3 aromatic rings. The van der Waals surface area contributed by atoms with E-state index in [2.05, 4.69) is 31.9 Å². The van der Waals surface area contributed by atoms with Gasteiger partial charge in [0.15, 0.2) is 5.11 Å². The molecule has 170 valence electrons. The highest BCUT2D eigenvalue weighted by Crippen LogP contribution is 2.24. The fraction of sp³-hybridized carbons (Fsp3) is 0.160. The zero-order valence-corrected chi connectivity index (χ0v) is 20.6. The normalized spacial score (nSPS) is 10.4. The fourth-order valence-corrected chi connectivity index (χ4v) is 3.43. The lowest BCUT2D eigenvalue weighted by Crippen LogP contribution is -2.34. The lowest BCUT2D eigenvalue weighted by Gasteiger charge is -2.15. The number of halogens is 1. The van der Waals surface area contributed by atoms with Crippen molar-refractivity contribution in [1.29, 1.82) is 0 Å². The van der Waals surface area contributed by atoms with Crippen LogP contribution < -0.4 is 20.7 Å². The Morgan fingerprint density at radius 1 is 0.909 bits per heavy atom. The molecular formula is C25H24BrN3O3S. The van der Waals surface area contributed by atoms with Crippen molar-refractivity contribution >= 4 is 56.4 Å². The Hall–Kier alpha value is -3.23. The van der Waals surface area contributed by atoms with Crippen molar-refractivity contribution in [2.75, 3.05) is 17.2 Å². The van der Waals surface area contributed by atoms with Gasteiger partial charge in [-0.3, -0.25) is 14.9 Å². The molecule has 0 saturated heterocycles. The molecule has 3 aromatic carbocycles. The third kappa shape index (κ3) is 7.40. The number of hydrogen-bond acceptors (Lipinski definition) is 4. The summed E-state index contributed by atoms with van der Waals surface area (Å²) in [6.45, 7) is 4.56. The number of benzene rings is 3. The molecule has 0 unspecified atom stereocenters. The Morgan fingerprint density at radius 2 is 1.64 bits per heavy atom. The van der Waals surface area contributed by atoms with Crippen molar-refractivity contribution in [3.05, 3.63) is 88.4 Å². The van der Waals surface area contributed by atoms with Gasteiger partial charge in [-0.05, 0) is 66.7 Å². The van der Waals surface area contributed by atoms with Crippen LogP contribution in [0.2, 0.25) is 0 Å². The Kier molecular flexibility index (Phi) is 8.57. The van der Waals surface area contributed by atoms with Crippen molar-refractivity contribution in [3.63, 3.8) is 0 Å². The molecule has 0 spiro atoms. The van der Waals surface area contributed by atoms with Gasteiger partial charge in [0, 0.05) is 21.4 Å². The summed E-state index contributed by atoms with van der Waals surface area (Å²) in [5.41, 5.74) is 2.10. The molecule has 0 fully saturated rings. The molecule has 33 heavy (non-hydrogen) atoms. The van der Waals surface area contributed by atoms with E-state index in [0.717, 1.165) is 4.47 Å². The molecule has 0 bridgehead atoms. The van der Waals surface area contributed by atoms with Gasteiger partial charge in [-0.2, -0.15) is 0 Å². The molecule has 0 aliphatic rings. The number of ether oxygens (including phenoxy) is 1. The second-order valence-electron chi connectivity index (χ2n) is 7.65. The summed E-state index contributed by atoms with van der Waals surface area (Å²) in [7, 11) is 0.